The minimum absolute atomic E-state index is 0.0939. The van der Waals surface area contributed by atoms with E-state index >= 15 is 0 Å². The zero-order chi connectivity index (χ0) is 11.2. The Morgan fingerprint density at radius 3 is 2.81 bits per heavy atom. The summed E-state index contributed by atoms with van der Waals surface area (Å²) in [6.07, 6.45) is 1.52. The largest absolute Gasteiger partial charge is 0.399 e. The number of nitrogens with two attached hydrogens (primary N) is 1. The molecule has 0 aromatic heterocycles. The first-order chi connectivity index (χ1) is 7.72. The molecule has 4 nitrogen and oxygen atoms in total. The maximum atomic E-state index is 12.1. The topological polar surface area (TPSA) is 64.3 Å². The van der Waals surface area contributed by atoms with E-state index in [0.717, 1.165) is 24.1 Å². The Balaban J connectivity index is 2.11. The Morgan fingerprint density at radius 1 is 1.31 bits per heavy atom. The fourth-order valence-corrected chi connectivity index (χ4v) is 2.66. The average Bonchev–Trinajstić information content (AvgIpc) is 2.53. The first kappa shape index (κ1) is 9.66. The maximum absolute atomic E-state index is 12.1. The average molecular weight is 218 g/mol. The van der Waals surface area contributed by atoms with E-state index in [-0.39, 0.29) is 11.3 Å². The summed E-state index contributed by atoms with van der Waals surface area (Å²) >= 11 is 0. The molecule has 0 saturated carbocycles. The number of hydrogen-bond acceptors (Lipinski definition) is 3. The van der Waals surface area contributed by atoms with Crippen LogP contribution in [-0.2, 0) is 14.9 Å². The van der Waals surface area contributed by atoms with Crippen molar-refractivity contribution in [2.24, 2.45) is 0 Å². The van der Waals surface area contributed by atoms with Crippen LogP contribution in [0, 0.1) is 0 Å². The molecule has 16 heavy (non-hydrogen) atoms. The van der Waals surface area contributed by atoms with Crippen LogP contribution in [0.1, 0.15) is 18.4 Å². The molecule has 0 unspecified atom stereocenters. The minimum Gasteiger partial charge on any atom is -0.399 e. The van der Waals surface area contributed by atoms with Crippen molar-refractivity contribution in [2.45, 2.75) is 18.3 Å². The molecule has 3 N–H and O–H groups in total. The van der Waals surface area contributed by atoms with Gasteiger partial charge in [0.25, 0.3) is 0 Å². The van der Waals surface area contributed by atoms with Gasteiger partial charge in [0, 0.05) is 24.6 Å². The molecule has 2 aliphatic rings. The number of fused-ring (bicyclic) bond motifs is 2. The van der Waals surface area contributed by atoms with E-state index in [1.165, 1.54) is 0 Å². The molecular formula is C12H14N2O2. The summed E-state index contributed by atoms with van der Waals surface area (Å²) in [5.41, 5.74) is 7.97. The van der Waals surface area contributed by atoms with Gasteiger partial charge in [-0.2, -0.15) is 0 Å². The van der Waals surface area contributed by atoms with E-state index in [9.17, 15) is 4.79 Å². The predicted molar refractivity (Wildman–Crippen MR) is 61.2 cm³/mol. The van der Waals surface area contributed by atoms with E-state index in [2.05, 4.69) is 5.32 Å². The van der Waals surface area contributed by atoms with Crippen molar-refractivity contribution < 1.29 is 9.53 Å². The first-order valence-corrected chi connectivity index (χ1v) is 5.52. The highest BCUT2D eigenvalue weighted by Crippen LogP contribution is 2.44. The molecule has 84 valence electrons. The van der Waals surface area contributed by atoms with E-state index < -0.39 is 0 Å². The van der Waals surface area contributed by atoms with Gasteiger partial charge < -0.3 is 15.8 Å². The Labute approximate surface area is 93.8 Å². The standard InChI is InChI=1S/C12H14N2O2/c13-8-1-2-9-10(7-8)14-11(15)12(9)3-5-16-6-4-12/h1-2,7H,3-6,13H2,(H,14,15). The molecule has 2 heterocycles. The van der Waals surface area contributed by atoms with Gasteiger partial charge in [0.15, 0.2) is 0 Å². The van der Waals surface area contributed by atoms with Crippen molar-refractivity contribution in [1.29, 1.82) is 0 Å². The Morgan fingerprint density at radius 2 is 2.06 bits per heavy atom. The third kappa shape index (κ3) is 1.16. The van der Waals surface area contributed by atoms with E-state index in [0.29, 0.717) is 18.9 Å². The van der Waals surface area contributed by atoms with Crippen LogP contribution < -0.4 is 11.1 Å². The van der Waals surface area contributed by atoms with Crippen molar-refractivity contribution in [3.63, 3.8) is 0 Å². The third-order valence-corrected chi connectivity index (χ3v) is 3.59. The van der Waals surface area contributed by atoms with Crippen LogP contribution in [0.5, 0.6) is 0 Å². The van der Waals surface area contributed by atoms with E-state index in [4.69, 9.17) is 10.5 Å². The molecule has 2 aliphatic heterocycles. The number of amides is 1. The SMILES string of the molecule is Nc1ccc2c(c1)NC(=O)C21CCOCC1. The summed E-state index contributed by atoms with van der Waals surface area (Å²) in [5, 5.41) is 2.92. The number of ether oxygens (including phenoxy) is 1. The van der Waals surface area contributed by atoms with Gasteiger partial charge in [-0.15, -0.1) is 0 Å². The molecule has 1 saturated heterocycles. The Hall–Kier alpha value is -1.55. The Bertz CT molecular complexity index is 450. The van der Waals surface area contributed by atoms with Crippen LogP contribution in [-0.4, -0.2) is 19.1 Å². The van der Waals surface area contributed by atoms with Crippen LogP contribution in [0.15, 0.2) is 18.2 Å². The molecule has 0 radical (unpaired) electrons. The molecule has 0 aliphatic carbocycles. The highest BCUT2D eigenvalue weighted by molar-refractivity contribution is 6.06. The molecule has 1 spiro atoms. The van der Waals surface area contributed by atoms with Gasteiger partial charge in [0.2, 0.25) is 5.91 Å². The molecule has 1 aromatic rings. The fraction of sp³-hybridized carbons (Fsp3) is 0.417. The van der Waals surface area contributed by atoms with Crippen molar-refractivity contribution in [1.82, 2.24) is 0 Å². The molecule has 0 atom stereocenters. The van der Waals surface area contributed by atoms with Gasteiger partial charge in [-0.25, -0.2) is 0 Å². The third-order valence-electron chi connectivity index (χ3n) is 3.59. The van der Waals surface area contributed by atoms with Crippen LogP contribution in [0.3, 0.4) is 0 Å². The van der Waals surface area contributed by atoms with Crippen LogP contribution >= 0.6 is 0 Å². The number of benzene rings is 1. The second-order valence-corrected chi connectivity index (χ2v) is 4.45. The molecule has 0 bridgehead atoms. The van der Waals surface area contributed by atoms with Crippen molar-refractivity contribution in [2.75, 3.05) is 24.3 Å². The van der Waals surface area contributed by atoms with Gasteiger partial charge in [0.1, 0.15) is 0 Å². The molecule has 1 aromatic carbocycles. The summed E-state index contributed by atoms with van der Waals surface area (Å²) in [4.78, 5) is 12.1. The number of hydrogen-bond donors (Lipinski definition) is 2. The highest BCUT2D eigenvalue weighted by atomic mass is 16.5. The molecule has 4 heteroatoms. The normalized spacial score (nSPS) is 21.9. The van der Waals surface area contributed by atoms with E-state index in [1.54, 1.807) is 0 Å². The number of nitrogen functional groups attached to an aromatic ring is 1. The molecule has 1 amide bonds. The first-order valence-electron chi connectivity index (χ1n) is 5.52. The van der Waals surface area contributed by atoms with Crippen molar-refractivity contribution >= 4 is 17.3 Å². The van der Waals surface area contributed by atoms with Crippen molar-refractivity contribution in [3.05, 3.63) is 23.8 Å². The number of rotatable bonds is 0. The van der Waals surface area contributed by atoms with Crippen LogP contribution in [0.25, 0.3) is 0 Å². The Kier molecular flexibility index (Phi) is 1.94. The van der Waals surface area contributed by atoms with Gasteiger partial charge in [0.05, 0.1) is 5.41 Å². The number of carbonyl (C=O) groups is 1. The summed E-state index contributed by atoms with van der Waals surface area (Å²) in [7, 11) is 0. The monoisotopic (exact) mass is 218 g/mol. The maximum Gasteiger partial charge on any atom is 0.235 e. The summed E-state index contributed by atoms with van der Waals surface area (Å²) < 4.78 is 5.34. The number of anilines is 2. The lowest BCUT2D eigenvalue weighted by Gasteiger charge is -2.31. The molecule has 3 rings (SSSR count). The molecule has 1 fully saturated rings. The number of carbonyl (C=O) groups excluding carboxylic acids is 1. The zero-order valence-electron chi connectivity index (χ0n) is 8.95. The summed E-state index contributed by atoms with van der Waals surface area (Å²) in [6, 6.07) is 5.65. The zero-order valence-corrected chi connectivity index (χ0v) is 8.95. The predicted octanol–water partition coefficient (Wildman–Crippen LogP) is 1.27. The number of nitrogens with one attached hydrogen (secondary N) is 1. The summed E-state index contributed by atoms with van der Waals surface area (Å²) in [5.74, 6) is 0.0939. The van der Waals surface area contributed by atoms with Gasteiger partial charge in [-0.3, -0.25) is 4.79 Å². The van der Waals surface area contributed by atoms with Gasteiger partial charge in [-0.1, -0.05) is 6.07 Å². The molecular weight excluding hydrogens is 204 g/mol. The lowest BCUT2D eigenvalue weighted by Crippen LogP contribution is -2.39. The van der Waals surface area contributed by atoms with Crippen LogP contribution in [0.2, 0.25) is 0 Å². The van der Waals surface area contributed by atoms with E-state index in [1.807, 2.05) is 18.2 Å². The highest BCUT2D eigenvalue weighted by Gasteiger charge is 2.47. The smallest absolute Gasteiger partial charge is 0.235 e. The minimum atomic E-state index is -0.374. The van der Waals surface area contributed by atoms with Gasteiger partial charge in [-0.05, 0) is 30.5 Å². The second-order valence-electron chi connectivity index (χ2n) is 4.45. The summed E-state index contributed by atoms with van der Waals surface area (Å²) in [6.45, 7) is 1.30. The lowest BCUT2D eigenvalue weighted by molar-refractivity contribution is -0.124. The lowest BCUT2D eigenvalue weighted by atomic mass is 9.75. The van der Waals surface area contributed by atoms with Crippen LogP contribution in [0.4, 0.5) is 11.4 Å². The fourth-order valence-electron chi connectivity index (χ4n) is 2.66. The van der Waals surface area contributed by atoms with Crippen molar-refractivity contribution in [3.8, 4) is 0 Å². The van der Waals surface area contributed by atoms with Gasteiger partial charge >= 0.3 is 0 Å². The quantitative estimate of drug-likeness (QED) is 0.644. The second kappa shape index (κ2) is 3.22.